The number of fused-ring (bicyclic) bond motifs is 1. The first-order valence-corrected chi connectivity index (χ1v) is 2.98. The van der Waals surface area contributed by atoms with E-state index in [1.807, 2.05) is 6.92 Å². The van der Waals surface area contributed by atoms with Gasteiger partial charge in [-0.05, 0) is 6.92 Å². The normalized spacial score (nSPS) is 10.9. The van der Waals surface area contributed by atoms with Gasteiger partial charge in [-0.15, -0.1) is 0 Å². The smallest absolute Gasteiger partial charge is 0.238 e. The van der Waals surface area contributed by atoms with Crippen LogP contribution >= 0.6 is 0 Å². The van der Waals surface area contributed by atoms with E-state index in [-0.39, 0.29) is 0 Å². The van der Waals surface area contributed by atoms with E-state index in [4.69, 9.17) is 10.3 Å². The maximum absolute atomic E-state index is 5.59. The molecule has 0 aliphatic heterocycles. The summed E-state index contributed by atoms with van der Waals surface area (Å²) in [4.78, 5) is 2.85. The van der Waals surface area contributed by atoms with Crippen molar-refractivity contribution in [1.82, 2.24) is 10.1 Å². The van der Waals surface area contributed by atoms with Crippen LogP contribution in [0.5, 0.6) is 0 Å². The van der Waals surface area contributed by atoms with Crippen LogP contribution in [-0.2, 0) is 0 Å². The largest absolute Gasteiger partial charge is 0.397 e. The van der Waals surface area contributed by atoms with E-state index in [2.05, 4.69) is 10.1 Å². The maximum atomic E-state index is 5.59. The lowest BCUT2D eigenvalue weighted by molar-refractivity contribution is 0.443. The van der Waals surface area contributed by atoms with Gasteiger partial charge in [0.05, 0.1) is 16.8 Å². The molecule has 0 fully saturated rings. The lowest BCUT2D eigenvalue weighted by Gasteiger charge is -1.80. The van der Waals surface area contributed by atoms with E-state index in [0.717, 1.165) is 11.1 Å². The summed E-state index contributed by atoms with van der Waals surface area (Å²) in [7, 11) is 0. The minimum atomic E-state index is 0.648. The first kappa shape index (κ1) is 5.34. The van der Waals surface area contributed by atoms with Crippen LogP contribution in [0.1, 0.15) is 5.69 Å². The third kappa shape index (κ3) is 0.478. The molecular weight excluding hydrogens is 130 g/mol. The summed E-state index contributed by atoms with van der Waals surface area (Å²) in [6.45, 7) is 1.86. The lowest BCUT2D eigenvalue weighted by Crippen LogP contribution is -1.80. The Bertz CT molecular complexity index is 328. The summed E-state index contributed by atoms with van der Waals surface area (Å²) in [6, 6.07) is 0. The molecule has 0 saturated heterocycles. The highest BCUT2D eigenvalue weighted by atomic mass is 16.5. The molecule has 0 atom stereocenters. The Labute approximate surface area is 57.0 Å². The molecule has 2 heterocycles. The Morgan fingerprint density at radius 2 is 2.50 bits per heavy atom. The summed E-state index contributed by atoms with van der Waals surface area (Å²) in [5, 5.41) is 4.62. The van der Waals surface area contributed by atoms with E-state index < -0.39 is 0 Å². The van der Waals surface area contributed by atoms with E-state index in [9.17, 15) is 0 Å². The van der Waals surface area contributed by atoms with E-state index in [1.54, 1.807) is 6.20 Å². The van der Waals surface area contributed by atoms with Crippen LogP contribution in [0.3, 0.4) is 0 Å². The molecule has 0 aromatic carbocycles. The van der Waals surface area contributed by atoms with Crippen molar-refractivity contribution in [3.8, 4) is 0 Å². The van der Waals surface area contributed by atoms with Crippen molar-refractivity contribution < 1.29 is 4.52 Å². The first-order valence-electron chi connectivity index (χ1n) is 2.98. The Balaban J connectivity index is 2.98. The minimum Gasteiger partial charge on any atom is -0.397 e. The number of aromatic nitrogens is 2. The highest BCUT2D eigenvalue weighted by Crippen LogP contribution is 2.22. The summed E-state index contributed by atoms with van der Waals surface area (Å²) in [5.41, 5.74) is 7.75. The van der Waals surface area contributed by atoms with E-state index >= 15 is 0 Å². The van der Waals surface area contributed by atoms with Gasteiger partial charge >= 0.3 is 0 Å². The zero-order valence-corrected chi connectivity index (χ0v) is 5.51. The van der Waals surface area contributed by atoms with Gasteiger partial charge in [-0.2, -0.15) is 0 Å². The predicted octanol–water partition coefficient (Wildman–Crippen LogP) is 1.05. The summed E-state index contributed by atoms with van der Waals surface area (Å²) >= 11 is 0. The SMILES string of the molecule is Cc1noc2[nH]cc(N)c12. The molecule has 0 spiro atoms. The van der Waals surface area contributed by atoms with Gasteiger partial charge in [0.15, 0.2) is 0 Å². The van der Waals surface area contributed by atoms with Gasteiger partial charge in [-0.3, -0.25) is 0 Å². The molecule has 0 aliphatic rings. The van der Waals surface area contributed by atoms with Crippen LogP contribution in [0.4, 0.5) is 5.69 Å². The lowest BCUT2D eigenvalue weighted by atomic mass is 10.3. The fourth-order valence-corrected chi connectivity index (χ4v) is 1.02. The number of H-pyrrole nitrogens is 1. The highest BCUT2D eigenvalue weighted by molar-refractivity contribution is 5.89. The molecule has 0 unspecified atom stereocenters. The number of rotatable bonds is 0. The van der Waals surface area contributed by atoms with Crippen LogP contribution < -0.4 is 5.73 Å². The topological polar surface area (TPSA) is 67.8 Å². The Morgan fingerprint density at radius 3 is 3.20 bits per heavy atom. The Kier molecular flexibility index (Phi) is 0.818. The van der Waals surface area contributed by atoms with Crippen molar-refractivity contribution in [3.05, 3.63) is 11.9 Å². The quantitative estimate of drug-likeness (QED) is 0.570. The van der Waals surface area contributed by atoms with Crippen molar-refractivity contribution in [2.24, 2.45) is 0 Å². The molecule has 2 aromatic rings. The molecule has 2 rings (SSSR count). The van der Waals surface area contributed by atoms with Crippen molar-refractivity contribution in [2.75, 3.05) is 5.73 Å². The second kappa shape index (κ2) is 1.53. The second-order valence-electron chi connectivity index (χ2n) is 2.22. The Morgan fingerprint density at radius 1 is 1.70 bits per heavy atom. The van der Waals surface area contributed by atoms with Gasteiger partial charge in [-0.25, -0.2) is 0 Å². The number of hydrogen-bond donors (Lipinski definition) is 2. The zero-order chi connectivity index (χ0) is 7.14. The monoisotopic (exact) mass is 137 g/mol. The number of anilines is 1. The molecule has 4 heteroatoms. The van der Waals surface area contributed by atoms with Gasteiger partial charge in [0.2, 0.25) is 5.71 Å². The summed E-state index contributed by atoms with van der Waals surface area (Å²) in [5.74, 6) is 0. The molecule has 2 aromatic heterocycles. The summed E-state index contributed by atoms with van der Waals surface area (Å²) in [6.07, 6.45) is 1.70. The molecule has 4 nitrogen and oxygen atoms in total. The molecule has 0 radical (unpaired) electrons. The molecule has 0 amide bonds. The molecule has 10 heavy (non-hydrogen) atoms. The number of hydrogen-bond acceptors (Lipinski definition) is 3. The van der Waals surface area contributed by atoms with Crippen molar-refractivity contribution >= 4 is 16.8 Å². The van der Waals surface area contributed by atoms with E-state index in [0.29, 0.717) is 11.4 Å². The third-order valence-corrected chi connectivity index (χ3v) is 1.51. The number of aryl methyl sites for hydroxylation is 1. The summed E-state index contributed by atoms with van der Waals surface area (Å²) < 4.78 is 4.88. The van der Waals surface area contributed by atoms with Crippen molar-refractivity contribution in [2.45, 2.75) is 6.92 Å². The molecule has 3 N–H and O–H groups in total. The fourth-order valence-electron chi connectivity index (χ4n) is 1.02. The van der Waals surface area contributed by atoms with Crippen LogP contribution in [0.25, 0.3) is 11.1 Å². The minimum absolute atomic E-state index is 0.648. The number of nitrogens with two attached hydrogens (primary N) is 1. The average Bonchev–Trinajstić information content (AvgIpc) is 2.40. The standard InChI is InChI=1S/C6H7N3O/c1-3-5-4(7)2-8-6(5)10-9-3/h2,8H,7H2,1H3. The van der Waals surface area contributed by atoms with Crippen LogP contribution in [0.15, 0.2) is 10.7 Å². The molecular formula is C6H7N3O. The van der Waals surface area contributed by atoms with Gasteiger partial charge in [0, 0.05) is 6.20 Å². The van der Waals surface area contributed by atoms with Gasteiger partial charge in [0.25, 0.3) is 0 Å². The molecule has 52 valence electrons. The molecule has 0 saturated carbocycles. The fraction of sp³-hybridized carbons (Fsp3) is 0.167. The zero-order valence-electron chi connectivity index (χ0n) is 5.51. The van der Waals surface area contributed by atoms with Crippen LogP contribution in [0.2, 0.25) is 0 Å². The molecule has 0 aliphatic carbocycles. The van der Waals surface area contributed by atoms with E-state index in [1.165, 1.54) is 0 Å². The first-order chi connectivity index (χ1) is 4.79. The number of aromatic amines is 1. The number of nitrogen functional groups attached to an aromatic ring is 1. The van der Waals surface area contributed by atoms with Crippen LogP contribution in [0, 0.1) is 6.92 Å². The number of nitrogens with zero attached hydrogens (tertiary/aromatic N) is 1. The predicted molar refractivity (Wildman–Crippen MR) is 37.5 cm³/mol. The van der Waals surface area contributed by atoms with Crippen molar-refractivity contribution in [3.63, 3.8) is 0 Å². The van der Waals surface area contributed by atoms with Gasteiger partial charge in [0.1, 0.15) is 0 Å². The van der Waals surface area contributed by atoms with Crippen molar-refractivity contribution in [1.29, 1.82) is 0 Å². The number of nitrogens with one attached hydrogen (secondary N) is 1. The maximum Gasteiger partial charge on any atom is 0.238 e. The average molecular weight is 137 g/mol. The second-order valence-corrected chi connectivity index (χ2v) is 2.22. The Hall–Kier alpha value is -1.45. The van der Waals surface area contributed by atoms with Crippen LogP contribution in [-0.4, -0.2) is 10.1 Å². The highest BCUT2D eigenvalue weighted by Gasteiger charge is 2.07. The van der Waals surface area contributed by atoms with Gasteiger partial charge < -0.3 is 15.2 Å². The van der Waals surface area contributed by atoms with Gasteiger partial charge in [-0.1, -0.05) is 5.16 Å². The molecule has 0 bridgehead atoms. The third-order valence-electron chi connectivity index (χ3n) is 1.51.